The first kappa shape index (κ1) is 56.4. The van der Waals surface area contributed by atoms with Crippen LogP contribution < -0.4 is 5.73 Å². The second kappa shape index (κ2) is 46.4. The number of phosphoric acid groups is 1. The summed E-state index contributed by atoms with van der Waals surface area (Å²) in [7, 11) is -4.32. The van der Waals surface area contributed by atoms with Crippen molar-refractivity contribution >= 4 is 13.8 Å². The van der Waals surface area contributed by atoms with Gasteiger partial charge in [0.1, 0.15) is 6.10 Å². The van der Waals surface area contributed by atoms with E-state index < -0.39 is 19.9 Å². The fourth-order valence-corrected chi connectivity index (χ4v) is 5.84. The standard InChI is InChI=1S/C51H80NO7P/c1-3-5-7-9-11-13-15-17-19-21-23-25-26-28-30-32-34-36-38-40-42-44-51(53)59-50(49-58-60(54,55)57-47-45-52)48-56-46-43-41-39-37-35-33-31-29-27-24-22-20-18-16-14-12-10-8-6-4-2/h5-8,11-14,17-20,23-25,27-28,30-31,33-34,36-37,39,50H,3-4,9-10,15-16,21-22,26,29,32,35,38,40-49,52H2,1-2H3,(H,54,55)/b7-5-,8-6-,13-11-,14-12-,19-17-,20-18-,25-23-,27-24-,30-28-,33-31-,36-34-,39-37-. The smallest absolute Gasteiger partial charge is 0.457 e. The highest BCUT2D eigenvalue weighted by atomic mass is 31.2. The van der Waals surface area contributed by atoms with Gasteiger partial charge in [0.05, 0.1) is 19.8 Å². The lowest BCUT2D eigenvalue weighted by atomic mass is 10.2. The molecule has 0 saturated carbocycles. The molecule has 0 aromatic heterocycles. The predicted molar refractivity (Wildman–Crippen MR) is 256 cm³/mol. The van der Waals surface area contributed by atoms with Gasteiger partial charge in [-0.25, -0.2) is 4.57 Å². The van der Waals surface area contributed by atoms with Crippen molar-refractivity contribution in [3.8, 4) is 0 Å². The number of ether oxygens (including phenoxy) is 2. The minimum atomic E-state index is -4.32. The van der Waals surface area contributed by atoms with Crippen molar-refractivity contribution in [1.82, 2.24) is 0 Å². The van der Waals surface area contributed by atoms with Crippen LogP contribution in [0.3, 0.4) is 0 Å². The fourth-order valence-electron chi connectivity index (χ4n) is 5.07. The quantitative estimate of drug-likeness (QED) is 0.0271. The van der Waals surface area contributed by atoms with Gasteiger partial charge in [0.15, 0.2) is 0 Å². The number of esters is 1. The number of carbonyl (C=O) groups excluding carboxylic acids is 1. The SMILES string of the molecule is CC/C=C\C/C=C\C/C=C\C/C=C\C/C=C\C/C=C\CCCCC(=O)OC(COCCC/C=C\C/C=C\C/C=C\C/C=C\C/C=C\C/C=C\CC)COP(=O)(O)OCCN. The zero-order chi connectivity index (χ0) is 43.7. The number of nitrogens with two attached hydrogens (primary N) is 1. The molecule has 0 bridgehead atoms. The van der Waals surface area contributed by atoms with E-state index in [1.54, 1.807) is 0 Å². The molecular formula is C51H80NO7P. The van der Waals surface area contributed by atoms with Gasteiger partial charge in [0.2, 0.25) is 0 Å². The van der Waals surface area contributed by atoms with E-state index in [0.29, 0.717) is 13.0 Å². The van der Waals surface area contributed by atoms with Crippen LogP contribution in [0.25, 0.3) is 0 Å². The summed E-state index contributed by atoms with van der Waals surface area (Å²) >= 11 is 0. The third-order valence-corrected chi connectivity index (χ3v) is 9.24. The van der Waals surface area contributed by atoms with Gasteiger partial charge in [0, 0.05) is 19.6 Å². The van der Waals surface area contributed by atoms with Crippen LogP contribution in [0.5, 0.6) is 0 Å². The molecule has 0 aromatic rings. The van der Waals surface area contributed by atoms with Crippen LogP contribution >= 0.6 is 7.82 Å². The Morgan fingerprint density at radius 3 is 1.25 bits per heavy atom. The lowest BCUT2D eigenvalue weighted by molar-refractivity contribution is -0.154. The van der Waals surface area contributed by atoms with Crippen LogP contribution in [-0.4, -0.2) is 49.9 Å². The molecule has 0 spiro atoms. The molecule has 2 unspecified atom stereocenters. The van der Waals surface area contributed by atoms with Crippen LogP contribution in [-0.2, 0) is 27.9 Å². The van der Waals surface area contributed by atoms with Crippen molar-refractivity contribution in [2.75, 3.05) is 33.0 Å². The zero-order valence-electron chi connectivity index (χ0n) is 37.1. The molecule has 0 heterocycles. The molecule has 0 amide bonds. The molecule has 0 radical (unpaired) electrons. The summed E-state index contributed by atoms with van der Waals surface area (Å²) in [5.41, 5.74) is 5.37. The summed E-state index contributed by atoms with van der Waals surface area (Å²) in [6, 6.07) is 0. The number of phosphoric ester groups is 1. The zero-order valence-corrected chi connectivity index (χ0v) is 38.0. The molecule has 0 rings (SSSR count). The Balaban J connectivity index is 4.27. The molecule has 9 heteroatoms. The van der Waals surface area contributed by atoms with E-state index in [1.807, 2.05) is 0 Å². The highest BCUT2D eigenvalue weighted by molar-refractivity contribution is 7.47. The monoisotopic (exact) mass is 850 g/mol. The average molecular weight is 850 g/mol. The molecule has 3 N–H and O–H groups in total. The number of hydrogen-bond acceptors (Lipinski definition) is 7. The number of hydrogen-bond donors (Lipinski definition) is 2. The van der Waals surface area contributed by atoms with E-state index in [4.69, 9.17) is 24.3 Å². The summed E-state index contributed by atoms with van der Waals surface area (Å²) in [4.78, 5) is 22.5. The number of rotatable bonds is 40. The van der Waals surface area contributed by atoms with Crippen LogP contribution in [0.15, 0.2) is 146 Å². The molecule has 8 nitrogen and oxygen atoms in total. The second-order valence-corrected chi connectivity index (χ2v) is 15.2. The minimum absolute atomic E-state index is 0.0465. The molecule has 0 aromatic carbocycles. The Bertz CT molecular complexity index is 1410. The second-order valence-electron chi connectivity index (χ2n) is 13.8. The van der Waals surface area contributed by atoms with Gasteiger partial charge < -0.3 is 20.1 Å². The van der Waals surface area contributed by atoms with Crippen molar-refractivity contribution < 1.29 is 32.8 Å². The summed E-state index contributed by atoms with van der Waals surface area (Å²) in [5, 5.41) is 0. The largest absolute Gasteiger partial charge is 0.472 e. The van der Waals surface area contributed by atoms with Crippen molar-refractivity contribution in [3.05, 3.63) is 146 Å². The van der Waals surface area contributed by atoms with Crippen molar-refractivity contribution in [2.24, 2.45) is 5.73 Å². The maximum Gasteiger partial charge on any atom is 0.472 e. The Morgan fingerprint density at radius 1 is 0.500 bits per heavy atom. The van der Waals surface area contributed by atoms with Gasteiger partial charge in [-0.2, -0.15) is 0 Å². The maximum absolute atomic E-state index is 12.6. The van der Waals surface area contributed by atoms with Crippen LogP contribution in [0.4, 0.5) is 0 Å². The van der Waals surface area contributed by atoms with Gasteiger partial charge in [-0.15, -0.1) is 0 Å². The minimum Gasteiger partial charge on any atom is -0.457 e. The van der Waals surface area contributed by atoms with E-state index in [-0.39, 0.29) is 32.8 Å². The Kier molecular flexibility index (Phi) is 43.6. The van der Waals surface area contributed by atoms with E-state index in [9.17, 15) is 14.3 Å². The molecule has 0 fully saturated rings. The summed E-state index contributed by atoms with van der Waals surface area (Å²) in [6.07, 6.45) is 67.4. The molecule has 0 aliphatic carbocycles. The van der Waals surface area contributed by atoms with Crippen molar-refractivity contribution in [3.63, 3.8) is 0 Å². The summed E-state index contributed by atoms with van der Waals surface area (Å²) < 4.78 is 33.3. The van der Waals surface area contributed by atoms with E-state index in [0.717, 1.165) is 103 Å². The molecule has 2 atom stereocenters. The number of carbonyl (C=O) groups is 1. The molecule has 0 aliphatic heterocycles. The number of allylic oxidation sites excluding steroid dienone is 24. The van der Waals surface area contributed by atoms with Crippen molar-refractivity contribution in [2.45, 2.75) is 136 Å². The lowest BCUT2D eigenvalue weighted by Gasteiger charge is -2.20. The summed E-state index contributed by atoms with van der Waals surface area (Å²) in [6.45, 7) is 4.42. The third kappa shape index (κ3) is 45.5. The van der Waals surface area contributed by atoms with E-state index >= 15 is 0 Å². The first-order chi connectivity index (χ1) is 29.4. The van der Waals surface area contributed by atoms with Gasteiger partial charge in [0.25, 0.3) is 0 Å². The molecule has 60 heavy (non-hydrogen) atoms. The first-order valence-electron chi connectivity index (χ1n) is 22.3. The average Bonchev–Trinajstić information content (AvgIpc) is 3.24. The van der Waals surface area contributed by atoms with Crippen LogP contribution in [0.1, 0.15) is 129 Å². The predicted octanol–water partition coefficient (Wildman–Crippen LogP) is 13.7. The van der Waals surface area contributed by atoms with E-state index in [2.05, 4.69) is 160 Å². The van der Waals surface area contributed by atoms with Crippen LogP contribution in [0, 0.1) is 0 Å². The topological polar surface area (TPSA) is 117 Å². The fraction of sp³-hybridized carbons (Fsp3) is 0.510. The van der Waals surface area contributed by atoms with E-state index in [1.165, 1.54) is 0 Å². The van der Waals surface area contributed by atoms with Crippen molar-refractivity contribution in [1.29, 1.82) is 0 Å². The first-order valence-corrected chi connectivity index (χ1v) is 23.8. The molecule has 0 saturated heterocycles. The van der Waals surface area contributed by atoms with Gasteiger partial charge in [-0.3, -0.25) is 13.8 Å². The Labute approximate surface area is 365 Å². The molecular weight excluding hydrogens is 770 g/mol. The van der Waals surface area contributed by atoms with Gasteiger partial charge >= 0.3 is 13.8 Å². The lowest BCUT2D eigenvalue weighted by Crippen LogP contribution is -2.28. The highest BCUT2D eigenvalue weighted by Crippen LogP contribution is 2.43. The number of unbranched alkanes of at least 4 members (excludes halogenated alkanes) is 3. The Hall–Kier alpha value is -3.62. The normalized spacial score (nSPS) is 14.8. The summed E-state index contributed by atoms with van der Waals surface area (Å²) in [5.74, 6) is -0.399. The Morgan fingerprint density at radius 2 is 0.867 bits per heavy atom. The van der Waals surface area contributed by atoms with Crippen LogP contribution in [0.2, 0.25) is 0 Å². The highest BCUT2D eigenvalue weighted by Gasteiger charge is 2.25. The maximum atomic E-state index is 12.6. The molecule has 0 aliphatic rings. The van der Waals surface area contributed by atoms with Gasteiger partial charge in [-0.1, -0.05) is 160 Å². The third-order valence-electron chi connectivity index (χ3n) is 8.25. The van der Waals surface area contributed by atoms with Gasteiger partial charge in [-0.05, 0) is 109 Å². The molecule has 336 valence electrons.